The molecule has 96 valence electrons. The summed E-state index contributed by atoms with van der Waals surface area (Å²) in [5.74, 6) is 0. The SMILES string of the molecule is CN(Cc1csc(Br)c1)CC(O)c1ccccc1. The molecule has 0 bridgehead atoms. The van der Waals surface area contributed by atoms with E-state index in [1.54, 1.807) is 11.3 Å². The van der Waals surface area contributed by atoms with E-state index in [9.17, 15) is 5.11 Å². The Kier molecular flexibility index (Phi) is 4.95. The lowest BCUT2D eigenvalue weighted by Gasteiger charge is -2.20. The van der Waals surface area contributed by atoms with E-state index in [2.05, 4.69) is 32.3 Å². The van der Waals surface area contributed by atoms with Crippen LogP contribution in [0.25, 0.3) is 0 Å². The monoisotopic (exact) mass is 325 g/mol. The molecule has 2 aromatic rings. The molecule has 0 fully saturated rings. The van der Waals surface area contributed by atoms with Gasteiger partial charge in [-0.25, -0.2) is 0 Å². The summed E-state index contributed by atoms with van der Waals surface area (Å²) in [4.78, 5) is 2.13. The van der Waals surface area contributed by atoms with E-state index in [0.29, 0.717) is 6.54 Å². The van der Waals surface area contributed by atoms with E-state index >= 15 is 0 Å². The van der Waals surface area contributed by atoms with Crippen molar-refractivity contribution in [2.45, 2.75) is 12.6 Å². The van der Waals surface area contributed by atoms with Gasteiger partial charge in [0.25, 0.3) is 0 Å². The van der Waals surface area contributed by atoms with Crippen molar-refractivity contribution >= 4 is 27.3 Å². The number of aliphatic hydroxyl groups excluding tert-OH is 1. The van der Waals surface area contributed by atoms with Crippen molar-refractivity contribution in [1.82, 2.24) is 4.90 Å². The Morgan fingerprint density at radius 2 is 2.06 bits per heavy atom. The predicted octanol–water partition coefficient (Wildman–Crippen LogP) is 3.68. The maximum atomic E-state index is 10.1. The highest BCUT2D eigenvalue weighted by Gasteiger charge is 2.11. The van der Waals surface area contributed by atoms with Gasteiger partial charge in [0.2, 0.25) is 0 Å². The number of hydrogen-bond acceptors (Lipinski definition) is 3. The van der Waals surface area contributed by atoms with Gasteiger partial charge in [0.05, 0.1) is 9.89 Å². The molecule has 2 nitrogen and oxygen atoms in total. The van der Waals surface area contributed by atoms with Gasteiger partial charge in [0, 0.05) is 13.1 Å². The van der Waals surface area contributed by atoms with Gasteiger partial charge in [0.15, 0.2) is 0 Å². The Balaban J connectivity index is 1.89. The van der Waals surface area contributed by atoms with Crippen LogP contribution >= 0.6 is 27.3 Å². The number of benzene rings is 1. The Bertz CT molecular complexity index is 486. The molecule has 0 aliphatic heterocycles. The minimum atomic E-state index is -0.432. The van der Waals surface area contributed by atoms with Crippen molar-refractivity contribution in [2.75, 3.05) is 13.6 Å². The van der Waals surface area contributed by atoms with Crippen LogP contribution in [0.4, 0.5) is 0 Å². The second-order valence-electron chi connectivity index (χ2n) is 4.38. The summed E-state index contributed by atoms with van der Waals surface area (Å²) in [6.07, 6.45) is -0.432. The van der Waals surface area contributed by atoms with Gasteiger partial charge < -0.3 is 5.11 Å². The molecule has 0 amide bonds. The molecule has 1 aromatic heterocycles. The number of hydrogen-bond donors (Lipinski definition) is 1. The number of rotatable bonds is 5. The molecule has 0 aliphatic rings. The van der Waals surface area contributed by atoms with Crippen LogP contribution < -0.4 is 0 Å². The topological polar surface area (TPSA) is 23.5 Å². The van der Waals surface area contributed by atoms with Gasteiger partial charge in [-0.15, -0.1) is 11.3 Å². The normalized spacial score (nSPS) is 12.9. The fourth-order valence-electron chi connectivity index (χ4n) is 1.88. The summed E-state index contributed by atoms with van der Waals surface area (Å²) in [7, 11) is 2.03. The third-order valence-electron chi connectivity index (χ3n) is 2.74. The standard InChI is InChI=1S/C14H16BrNOS/c1-16(8-11-7-14(15)18-10-11)9-13(17)12-5-3-2-4-6-12/h2-7,10,13,17H,8-9H2,1H3. The quantitative estimate of drug-likeness (QED) is 0.906. The highest BCUT2D eigenvalue weighted by atomic mass is 79.9. The molecule has 1 atom stereocenters. The van der Waals surface area contributed by atoms with E-state index in [4.69, 9.17) is 0 Å². The molecule has 1 N–H and O–H groups in total. The van der Waals surface area contributed by atoms with Crippen LogP contribution in [0.3, 0.4) is 0 Å². The summed E-state index contributed by atoms with van der Waals surface area (Å²) in [6, 6.07) is 11.9. The summed E-state index contributed by atoms with van der Waals surface area (Å²) < 4.78 is 1.15. The van der Waals surface area contributed by atoms with Gasteiger partial charge >= 0.3 is 0 Å². The molecular formula is C14H16BrNOS. The second kappa shape index (κ2) is 6.48. The van der Waals surface area contributed by atoms with Crippen LogP contribution in [-0.2, 0) is 6.54 Å². The first-order chi connectivity index (χ1) is 8.65. The summed E-state index contributed by atoms with van der Waals surface area (Å²) >= 11 is 5.15. The third kappa shape index (κ3) is 3.92. The number of halogens is 1. The molecule has 1 heterocycles. The molecular weight excluding hydrogens is 310 g/mol. The molecule has 0 spiro atoms. The minimum absolute atomic E-state index is 0.432. The number of thiophene rings is 1. The van der Waals surface area contributed by atoms with Crippen molar-refractivity contribution in [2.24, 2.45) is 0 Å². The molecule has 4 heteroatoms. The Morgan fingerprint density at radius 1 is 1.33 bits per heavy atom. The van der Waals surface area contributed by atoms with Crippen LogP contribution in [-0.4, -0.2) is 23.6 Å². The van der Waals surface area contributed by atoms with Crippen LogP contribution in [0.2, 0.25) is 0 Å². The molecule has 0 aliphatic carbocycles. The largest absolute Gasteiger partial charge is 0.387 e. The number of aliphatic hydroxyl groups is 1. The van der Waals surface area contributed by atoms with Crippen LogP contribution in [0, 0.1) is 0 Å². The molecule has 0 saturated heterocycles. The van der Waals surface area contributed by atoms with Gasteiger partial charge in [-0.05, 0) is 45.6 Å². The van der Waals surface area contributed by atoms with Crippen molar-refractivity contribution < 1.29 is 5.11 Å². The van der Waals surface area contributed by atoms with E-state index in [-0.39, 0.29) is 0 Å². The highest BCUT2D eigenvalue weighted by Crippen LogP contribution is 2.22. The summed E-state index contributed by atoms with van der Waals surface area (Å²) in [5, 5.41) is 12.3. The van der Waals surface area contributed by atoms with Gasteiger partial charge in [-0.2, -0.15) is 0 Å². The van der Waals surface area contributed by atoms with Crippen LogP contribution in [0.5, 0.6) is 0 Å². The first-order valence-corrected chi connectivity index (χ1v) is 7.47. The highest BCUT2D eigenvalue weighted by molar-refractivity contribution is 9.11. The number of likely N-dealkylation sites (N-methyl/N-ethyl adjacent to an activating group) is 1. The smallest absolute Gasteiger partial charge is 0.0916 e. The number of nitrogens with zero attached hydrogens (tertiary/aromatic N) is 1. The molecule has 0 saturated carbocycles. The zero-order valence-electron chi connectivity index (χ0n) is 10.2. The first kappa shape index (κ1) is 13.7. The van der Waals surface area contributed by atoms with Gasteiger partial charge in [-0.1, -0.05) is 30.3 Å². The molecule has 1 aromatic carbocycles. The average molecular weight is 326 g/mol. The predicted molar refractivity (Wildman–Crippen MR) is 79.8 cm³/mol. The van der Waals surface area contributed by atoms with Gasteiger partial charge in [-0.3, -0.25) is 4.90 Å². The van der Waals surface area contributed by atoms with Crippen molar-refractivity contribution in [1.29, 1.82) is 0 Å². The van der Waals surface area contributed by atoms with E-state index < -0.39 is 6.10 Å². The first-order valence-electron chi connectivity index (χ1n) is 5.79. The minimum Gasteiger partial charge on any atom is -0.387 e. The maximum absolute atomic E-state index is 10.1. The van der Waals surface area contributed by atoms with Crippen LogP contribution in [0.15, 0.2) is 45.6 Å². The Hall–Kier alpha value is -0.680. The second-order valence-corrected chi connectivity index (χ2v) is 6.67. The third-order valence-corrected chi connectivity index (χ3v) is 4.30. The molecule has 0 radical (unpaired) electrons. The van der Waals surface area contributed by atoms with Crippen molar-refractivity contribution in [3.05, 3.63) is 56.7 Å². The lowest BCUT2D eigenvalue weighted by molar-refractivity contribution is 0.124. The zero-order chi connectivity index (χ0) is 13.0. The Labute approximate surface area is 120 Å². The van der Waals surface area contributed by atoms with Crippen molar-refractivity contribution in [3.8, 4) is 0 Å². The summed E-state index contributed by atoms with van der Waals surface area (Å²) in [5.41, 5.74) is 2.24. The molecule has 1 unspecified atom stereocenters. The van der Waals surface area contributed by atoms with E-state index in [0.717, 1.165) is 15.9 Å². The lowest BCUT2D eigenvalue weighted by atomic mass is 10.1. The average Bonchev–Trinajstić information content (AvgIpc) is 2.75. The fraction of sp³-hybridized carbons (Fsp3) is 0.286. The Morgan fingerprint density at radius 3 is 2.67 bits per heavy atom. The molecule has 18 heavy (non-hydrogen) atoms. The van der Waals surface area contributed by atoms with Gasteiger partial charge in [0.1, 0.15) is 0 Å². The molecule has 2 rings (SSSR count). The maximum Gasteiger partial charge on any atom is 0.0916 e. The van der Waals surface area contributed by atoms with E-state index in [1.165, 1.54) is 5.56 Å². The lowest BCUT2D eigenvalue weighted by Crippen LogP contribution is -2.24. The zero-order valence-corrected chi connectivity index (χ0v) is 12.6. The summed E-state index contributed by atoms with van der Waals surface area (Å²) in [6.45, 7) is 1.49. The van der Waals surface area contributed by atoms with Crippen molar-refractivity contribution in [3.63, 3.8) is 0 Å². The fourth-order valence-corrected chi connectivity index (χ4v) is 3.08. The van der Waals surface area contributed by atoms with Crippen LogP contribution in [0.1, 0.15) is 17.2 Å². The van der Waals surface area contributed by atoms with E-state index in [1.807, 2.05) is 37.4 Å².